The first-order valence-corrected chi connectivity index (χ1v) is 7.66. The number of Topliss-reactive ketones (excluding diaryl/α,β-unsaturated/α-hetero) is 1. The largest absolute Gasteiger partial charge is 0.375 e. The van der Waals surface area contributed by atoms with E-state index in [0.29, 0.717) is 17.8 Å². The van der Waals surface area contributed by atoms with Crippen molar-refractivity contribution in [3.63, 3.8) is 0 Å². The summed E-state index contributed by atoms with van der Waals surface area (Å²) in [7, 11) is 0. The molecule has 1 amide bonds. The molecule has 3 rings (SSSR count). The first-order valence-electron chi connectivity index (χ1n) is 7.66. The van der Waals surface area contributed by atoms with Gasteiger partial charge in [0.1, 0.15) is 5.69 Å². The minimum Gasteiger partial charge on any atom is -0.375 e. The standard InChI is InChI=1S/C19H18N2O3/c1-13(2)12-21-16-9-4-3-7-14(16)19(24,18(21)23)11-17(22)15-8-5-6-10-20-15/h3-10,24H,1,11-12H2,2H3/t19-/m0/s1. The lowest BCUT2D eigenvalue weighted by Crippen LogP contribution is -2.42. The maximum absolute atomic E-state index is 12.8. The van der Waals surface area contributed by atoms with E-state index in [0.717, 1.165) is 5.57 Å². The van der Waals surface area contributed by atoms with Gasteiger partial charge < -0.3 is 10.0 Å². The molecule has 2 heterocycles. The fourth-order valence-electron chi connectivity index (χ4n) is 2.95. The Morgan fingerprint density at radius 2 is 1.96 bits per heavy atom. The third-order valence-corrected chi connectivity index (χ3v) is 4.03. The number of aliphatic hydroxyl groups is 1. The van der Waals surface area contributed by atoms with Gasteiger partial charge in [-0.2, -0.15) is 0 Å². The number of para-hydroxylation sites is 1. The second-order valence-corrected chi connectivity index (χ2v) is 6.04. The Labute approximate surface area is 140 Å². The molecule has 0 radical (unpaired) electrons. The highest BCUT2D eigenvalue weighted by Crippen LogP contribution is 2.42. The van der Waals surface area contributed by atoms with Crippen molar-refractivity contribution in [2.24, 2.45) is 0 Å². The van der Waals surface area contributed by atoms with Gasteiger partial charge in [0.25, 0.3) is 5.91 Å². The molecule has 0 spiro atoms. The average Bonchev–Trinajstić information content (AvgIpc) is 2.78. The lowest BCUT2D eigenvalue weighted by molar-refractivity contribution is -0.135. The third-order valence-electron chi connectivity index (χ3n) is 4.03. The van der Waals surface area contributed by atoms with Gasteiger partial charge in [0.15, 0.2) is 11.4 Å². The van der Waals surface area contributed by atoms with E-state index in [4.69, 9.17) is 0 Å². The summed E-state index contributed by atoms with van der Waals surface area (Å²) in [6.07, 6.45) is 1.17. The highest BCUT2D eigenvalue weighted by molar-refractivity contribution is 6.10. The van der Waals surface area contributed by atoms with Crippen LogP contribution in [-0.4, -0.2) is 28.3 Å². The van der Waals surface area contributed by atoms with Crippen molar-refractivity contribution in [2.75, 3.05) is 11.4 Å². The van der Waals surface area contributed by atoms with E-state index in [1.165, 1.54) is 11.1 Å². The van der Waals surface area contributed by atoms with Gasteiger partial charge in [0.2, 0.25) is 0 Å². The number of hydrogen-bond donors (Lipinski definition) is 1. The second-order valence-electron chi connectivity index (χ2n) is 6.04. The van der Waals surface area contributed by atoms with Crippen molar-refractivity contribution in [3.05, 3.63) is 72.1 Å². The number of amides is 1. The number of rotatable bonds is 5. The maximum Gasteiger partial charge on any atom is 0.264 e. The second kappa shape index (κ2) is 6.02. The lowest BCUT2D eigenvalue weighted by atomic mass is 9.89. The molecule has 1 atom stereocenters. The number of pyridine rings is 1. The van der Waals surface area contributed by atoms with Crippen LogP contribution in [0.1, 0.15) is 29.4 Å². The number of anilines is 1. The molecule has 122 valence electrons. The number of nitrogens with zero attached hydrogens (tertiary/aromatic N) is 2. The quantitative estimate of drug-likeness (QED) is 0.678. The summed E-state index contributed by atoms with van der Waals surface area (Å²) in [5.41, 5.74) is 0.205. The molecule has 0 aliphatic carbocycles. The van der Waals surface area contributed by atoms with Crippen molar-refractivity contribution >= 4 is 17.4 Å². The number of aromatic nitrogens is 1. The molecule has 0 unspecified atom stereocenters. The number of carbonyl (C=O) groups excluding carboxylic acids is 2. The first kappa shape index (κ1) is 16.1. The van der Waals surface area contributed by atoms with E-state index in [9.17, 15) is 14.7 Å². The van der Waals surface area contributed by atoms with Gasteiger partial charge in [-0.3, -0.25) is 14.6 Å². The van der Waals surface area contributed by atoms with Crippen LogP contribution >= 0.6 is 0 Å². The molecular formula is C19H18N2O3. The molecule has 0 bridgehead atoms. The molecule has 0 saturated carbocycles. The number of hydrogen-bond acceptors (Lipinski definition) is 4. The Bertz CT molecular complexity index is 816. The Morgan fingerprint density at radius 1 is 1.25 bits per heavy atom. The van der Waals surface area contributed by atoms with E-state index in [1.807, 2.05) is 6.92 Å². The molecule has 1 aromatic carbocycles. The molecule has 1 N–H and O–H groups in total. The highest BCUT2D eigenvalue weighted by atomic mass is 16.3. The smallest absolute Gasteiger partial charge is 0.264 e. The van der Waals surface area contributed by atoms with Gasteiger partial charge in [0.05, 0.1) is 12.1 Å². The number of ketones is 1. The van der Waals surface area contributed by atoms with Crippen molar-refractivity contribution < 1.29 is 14.7 Å². The van der Waals surface area contributed by atoms with Crippen molar-refractivity contribution in [1.82, 2.24) is 4.98 Å². The predicted molar refractivity (Wildman–Crippen MR) is 90.7 cm³/mol. The van der Waals surface area contributed by atoms with Crippen LogP contribution in [0.5, 0.6) is 0 Å². The molecule has 0 saturated heterocycles. The Balaban J connectivity index is 1.98. The number of benzene rings is 1. The van der Waals surface area contributed by atoms with Crippen LogP contribution in [0.2, 0.25) is 0 Å². The monoisotopic (exact) mass is 322 g/mol. The van der Waals surface area contributed by atoms with Crippen LogP contribution in [0.4, 0.5) is 5.69 Å². The summed E-state index contributed by atoms with van der Waals surface area (Å²) in [5.74, 6) is -0.880. The van der Waals surface area contributed by atoms with E-state index in [-0.39, 0.29) is 17.9 Å². The van der Waals surface area contributed by atoms with E-state index in [1.54, 1.807) is 42.5 Å². The summed E-state index contributed by atoms with van der Waals surface area (Å²) >= 11 is 0. The fraction of sp³-hybridized carbons (Fsp3) is 0.211. The first-order chi connectivity index (χ1) is 11.4. The minimum atomic E-state index is -1.87. The minimum absolute atomic E-state index is 0.231. The lowest BCUT2D eigenvalue weighted by Gasteiger charge is -2.22. The number of carbonyl (C=O) groups is 2. The summed E-state index contributed by atoms with van der Waals surface area (Å²) in [4.78, 5) is 30.8. The zero-order chi connectivity index (χ0) is 17.3. The van der Waals surface area contributed by atoms with Gasteiger partial charge >= 0.3 is 0 Å². The van der Waals surface area contributed by atoms with E-state index in [2.05, 4.69) is 11.6 Å². The Hall–Kier alpha value is -2.79. The van der Waals surface area contributed by atoms with Crippen LogP contribution < -0.4 is 4.90 Å². The predicted octanol–water partition coefficient (Wildman–Crippen LogP) is 2.46. The fourth-order valence-corrected chi connectivity index (χ4v) is 2.95. The summed E-state index contributed by atoms with van der Waals surface area (Å²) in [6.45, 7) is 5.94. The summed E-state index contributed by atoms with van der Waals surface area (Å²) in [5, 5.41) is 11.1. The molecule has 5 nitrogen and oxygen atoms in total. The zero-order valence-electron chi connectivity index (χ0n) is 13.4. The molecule has 5 heteroatoms. The highest BCUT2D eigenvalue weighted by Gasteiger charge is 2.50. The summed E-state index contributed by atoms with van der Waals surface area (Å²) < 4.78 is 0. The van der Waals surface area contributed by atoms with Gasteiger partial charge in [-0.15, -0.1) is 0 Å². The molecule has 0 fully saturated rings. The topological polar surface area (TPSA) is 70.5 Å². The summed E-state index contributed by atoms with van der Waals surface area (Å²) in [6, 6.07) is 12.0. The molecule has 2 aromatic rings. The SMILES string of the molecule is C=C(C)CN1C(=O)[C@](O)(CC(=O)c2ccccn2)c2ccccc21. The van der Waals surface area contributed by atoms with Crippen molar-refractivity contribution in [3.8, 4) is 0 Å². The zero-order valence-corrected chi connectivity index (χ0v) is 13.4. The Morgan fingerprint density at radius 3 is 2.62 bits per heavy atom. The van der Waals surface area contributed by atoms with Gasteiger partial charge in [0, 0.05) is 18.3 Å². The van der Waals surface area contributed by atoms with Crippen molar-refractivity contribution in [2.45, 2.75) is 18.9 Å². The molecule has 1 aromatic heterocycles. The van der Waals surface area contributed by atoms with Crippen molar-refractivity contribution in [1.29, 1.82) is 0 Å². The Kier molecular flexibility index (Phi) is 4.03. The molecule has 24 heavy (non-hydrogen) atoms. The molecule has 1 aliphatic heterocycles. The van der Waals surface area contributed by atoms with Crippen LogP contribution in [0, 0.1) is 0 Å². The van der Waals surface area contributed by atoms with Crippen LogP contribution in [0.15, 0.2) is 60.8 Å². The van der Waals surface area contributed by atoms with Crippen LogP contribution in [0.25, 0.3) is 0 Å². The van der Waals surface area contributed by atoms with Gasteiger partial charge in [-0.1, -0.05) is 36.4 Å². The van der Waals surface area contributed by atoms with E-state index < -0.39 is 11.5 Å². The van der Waals surface area contributed by atoms with Crippen LogP contribution in [-0.2, 0) is 10.4 Å². The maximum atomic E-state index is 12.8. The molecular weight excluding hydrogens is 304 g/mol. The van der Waals surface area contributed by atoms with E-state index >= 15 is 0 Å². The third kappa shape index (κ3) is 2.63. The van der Waals surface area contributed by atoms with Gasteiger partial charge in [-0.05, 0) is 25.1 Å². The number of fused-ring (bicyclic) bond motifs is 1. The normalized spacial score (nSPS) is 19.2. The van der Waals surface area contributed by atoms with Crippen LogP contribution in [0.3, 0.4) is 0 Å². The molecule has 1 aliphatic rings. The average molecular weight is 322 g/mol. The van der Waals surface area contributed by atoms with Gasteiger partial charge in [-0.25, -0.2) is 0 Å².